The molecule has 1 unspecified atom stereocenters. The molecule has 0 aliphatic carbocycles. The highest BCUT2D eigenvalue weighted by atomic mass is 16.2. The van der Waals surface area contributed by atoms with Gasteiger partial charge in [0.1, 0.15) is 0 Å². The molecule has 2 aliphatic heterocycles. The first-order valence-electron chi connectivity index (χ1n) is 10.7. The molecular weight excluding hydrogens is 418 g/mol. The summed E-state index contributed by atoms with van der Waals surface area (Å²) >= 11 is 0. The second kappa shape index (κ2) is 8.35. The van der Waals surface area contributed by atoms with E-state index in [2.05, 4.69) is 5.32 Å². The first-order valence-corrected chi connectivity index (χ1v) is 10.7. The number of imide groups is 1. The maximum absolute atomic E-state index is 12.9. The Bertz CT molecular complexity index is 1240. The number of amides is 4. The van der Waals surface area contributed by atoms with E-state index in [-0.39, 0.29) is 18.2 Å². The standard InChI is InChI=1S/C26H21N3O4/c30-23-13-18(16-28(23)15-17-7-2-1-3-8-17)24(31)27-19-9-6-10-20(14-19)29-25(32)21-11-4-5-12-22(21)26(29)33/h1-12,14,18H,13,15-16H2,(H,27,31). The highest BCUT2D eigenvalue weighted by Gasteiger charge is 2.37. The largest absolute Gasteiger partial charge is 0.338 e. The first kappa shape index (κ1) is 20.6. The van der Waals surface area contributed by atoms with Crippen LogP contribution in [-0.4, -0.2) is 35.1 Å². The fourth-order valence-electron chi connectivity index (χ4n) is 4.30. The lowest BCUT2D eigenvalue weighted by Gasteiger charge is -2.17. The molecular formula is C26H21N3O4. The maximum Gasteiger partial charge on any atom is 0.266 e. The van der Waals surface area contributed by atoms with Gasteiger partial charge in [0.15, 0.2) is 0 Å². The van der Waals surface area contributed by atoms with Gasteiger partial charge in [-0.25, -0.2) is 4.90 Å². The summed E-state index contributed by atoms with van der Waals surface area (Å²) < 4.78 is 0. The summed E-state index contributed by atoms with van der Waals surface area (Å²) in [6.07, 6.45) is 0.150. The van der Waals surface area contributed by atoms with Crippen LogP contribution in [0.25, 0.3) is 0 Å². The highest BCUT2D eigenvalue weighted by molar-refractivity contribution is 6.34. The molecule has 3 aromatic carbocycles. The lowest BCUT2D eigenvalue weighted by atomic mass is 10.1. The Morgan fingerprint density at radius 3 is 2.21 bits per heavy atom. The van der Waals surface area contributed by atoms with E-state index in [1.807, 2.05) is 30.3 Å². The molecule has 2 aliphatic rings. The number of hydrogen-bond acceptors (Lipinski definition) is 4. The molecule has 0 saturated carbocycles. The second-order valence-electron chi connectivity index (χ2n) is 8.19. The average molecular weight is 439 g/mol. The summed E-state index contributed by atoms with van der Waals surface area (Å²) in [5.41, 5.74) is 2.58. The van der Waals surface area contributed by atoms with Crippen molar-refractivity contribution in [3.8, 4) is 0 Å². The van der Waals surface area contributed by atoms with Crippen molar-refractivity contribution in [3.63, 3.8) is 0 Å². The van der Waals surface area contributed by atoms with Gasteiger partial charge >= 0.3 is 0 Å². The van der Waals surface area contributed by atoms with Crippen LogP contribution < -0.4 is 10.2 Å². The lowest BCUT2D eigenvalue weighted by molar-refractivity contribution is -0.128. The Labute approximate surface area is 190 Å². The van der Waals surface area contributed by atoms with Gasteiger partial charge in [0.25, 0.3) is 11.8 Å². The molecule has 2 heterocycles. The quantitative estimate of drug-likeness (QED) is 0.617. The molecule has 164 valence electrons. The van der Waals surface area contributed by atoms with E-state index >= 15 is 0 Å². The van der Waals surface area contributed by atoms with Gasteiger partial charge in [0.2, 0.25) is 11.8 Å². The predicted molar refractivity (Wildman–Crippen MR) is 123 cm³/mol. The van der Waals surface area contributed by atoms with Crippen LogP contribution in [0, 0.1) is 5.92 Å². The molecule has 1 atom stereocenters. The molecule has 3 aromatic rings. The number of benzene rings is 3. The van der Waals surface area contributed by atoms with E-state index in [0.717, 1.165) is 10.5 Å². The zero-order valence-corrected chi connectivity index (χ0v) is 17.7. The fraction of sp³-hybridized carbons (Fsp3) is 0.154. The number of rotatable bonds is 5. The average Bonchev–Trinajstić information content (AvgIpc) is 3.32. The number of carbonyl (C=O) groups is 4. The first-order chi connectivity index (χ1) is 16.0. The van der Waals surface area contributed by atoms with Gasteiger partial charge in [-0.15, -0.1) is 0 Å². The van der Waals surface area contributed by atoms with Crippen molar-refractivity contribution < 1.29 is 19.2 Å². The van der Waals surface area contributed by atoms with Crippen molar-refractivity contribution in [3.05, 3.63) is 95.6 Å². The zero-order valence-electron chi connectivity index (χ0n) is 17.7. The minimum atomic E-state index is -0.468. The van der Waals surface area contributed by atoms with Gasteiger partial charge in [0, 0.05) is 25.2 Å². The zero-order chi connectivity index (χ0) is 22.9. The van der Waals surface area contributed by atoms with Gasteiger partial charge in [-0.1, -0.05) is 48.5 Å². The Balaban J connectivity index is 1.28. The van der Waals surface area contributed by atoms with Crippen molar-refractivity contribution >= 4 is 35.0 Å². The van der Waals surface area contributed by atoms with Crippen LogP contribution in [0.2, 0.25) is 0 Å². The fourth-order valence-corrected chi connectivity index (χ4v) is 4.30. The number of nitrogens with one attached hydrogen (secondary N) is 1. The lowest BCUT2D eigenvalue weighted by Crippen LogP contribution is -2.30. The minimum absolute atomic E-state index is 0.0567. The summed E-state index contributed by atoms with van der Waals surface area (Å²) in [6, 6.07) is 23.0. The van der Waals surface area contributed by atoms with E-state index in [1.165, 1.54) is 0 Å². The highest BCUT2D eigenvalue weighted by Crippen LogP contribution is 2.30. The third-order valence-electron chi connectivity index (χ3n) is 5.97. The van der Waals surface area contributed by atoms with Crippen molar-refractivity contribution in [2.45, 2.75) is 13.0 Å². The molecule has 7 nitrogen and oxygen atoms in total. The molecule has 1 N–H and O–H groups in total. The van der Waals surface area contributed by atoms with Crippen molar-refractivity contribution in [2.75, 3.05) is 16.8 Å². The monoisotopic (exact) mass is 439 g/mol. The number of anilines is 2. The van der Waals surface area contributed by atoms with Gasteiger partial charge < -0.3 is 10.2 Å². The summed E-state index contributed by atoms with van der Waals surface area (Å²) in [5, 5.41) is 2.84. The summed E-state index contributed by atoms with van der Waals surface area (Å²) in [7, 11) is 0. The Hall–Kier alpha value is -4.26. The minimum Gasteiger partial charge on any atom is -0.338 e. The third kappa shape index (κ3) is 3.89. The molecule has 1 saturated heterocycles. The number of fused-ring (bicyclic) bond motifs is 1. The van der Waals surface area contributed by atoms with E-state index in [0.29, 0.717) is 35.6 Å². The van der Waals surface area contributed by atoms with Crippen LogP contribution in [0.15, 0.2) is 78.9 Å². The molecule has 1 fully saturated rings. The van der Waals surface area contributed by atoms with E-state index in [9.17, 15) is 19.2 Å². The summed E-state index contributed by atoms with van der Waals surface area (Å²) in [4.78, 5) is 53.6. The normalized spacial score (nSPS) is 17.5. The molecule has 4 amide bonds. The number of carbonyl (C=O) groups excluding carboxylic acids is 4. The van der Waals surface area contributed by atoms with Gasteiger partial charge in [0.05, 0.1) is 22.7 Å². The van der Waals surface area contributed by atoms with Crippen LogP contribution in [-0.2, 0) is 16.1 Å². The smallest absolute Gasteiger partial charge is 0.266 e. The topological polar surface area (TPSA) is 86.8 Å². The van der Waals surface area contributed by atoms with Crippen LogP contribution in [0.3, 0.4) is 0 Å². The Morgan fingerprint density at radius 2 is 1.52 bits per heavy atom. The van der Waals surface area contributed by atoms with Crippen molar-refractivity contribution in [1.29, 1.82) is 0 Å². The van der Waals surface area contributed by atoms with Gasteiger partial charge in [-0.2, -0.15) is 0 Å². The number of likely N-dealkylation sites (tertiary alicyclic amines) is 1. The van der Waals surface area contributed by atoms with Gasteiger partial charge in [-0.3, -0.25) is 19.2 Å². The number of hydrogen-bond donors (Lipinski definition) is 1. The molecule has 5 rings (SSSR count). The van der Waals surface area contributed by atoms with Crippen molar-refractivity contribution in [1.82, 2.24) is 4.90 Å². The van der Waals surface area contributed by atoms with E-state index in [1.54, 1.807) is 53.4 Å². The van der Waals surface area contributed by atoms with Crippen LogP contribution in [0.4, 0.5) is 11.4 Å². The molecule has 0 spiro atoms. The molecule has 0 radical (unpaired) electrons. The Kier molecular flexibility index (Phi) is 5.22. The van der Waals surface area contributed by atoms with E-state index < -0.39 is 17.7 Å². The summed E-state index contributed by atoms with van der Waals surface area (Å²) in [6.45, 7) is 0.816. The third-order valence-corrected chi connectivity index (χ3v) is 5.97. The van der Waals surface area contributed by atoms with E-state index in [4.69, 9.17) is 0 Å². The van der Waals surface area contributed by atoms with Gasteiger partial charge in [-0.05, 0) is 35.9 Å². The predicted octanol–water partition coefficient (Wildman–Crippen LogP) is 3.47. The van der Waals surface area contributed by atoms with Crippen LogP contribution in [0.1, 0.15) is 32.7 Å². The SMILES string of the molecule is O=C(Nc1cccc(N2C(=O)c3ccccc3C2=O)c1)C1CC(=O)N(Cc2ccccc2)C1. The number of nitrogens with zero attached hydrogens (tertiary/aromatic N) is 2. The Morgan fingerprint density at radius 1 is 0.848 bits per heavy atom. The van der Waals surface area contributed by atoms with Crippen LogP contribution in [0.5, 0.6) is 0 Å². The maximum atomic E-state index is 12.9. The summed E-state index contributed by atoms with van der Waals surface area (Å²) in [5.74, 6) is -1.57. The van der Waals surface area contributed by atoms with Crippen LogP contribution >= 0.6 is 0 Å². The van der Waals surface area contributed by atoms with Crippen molar-refractivity contribution in [2.24, 2.45) is 5.92 Å². The second-order valence-corrected chi connectivity index (χ2v) is 8.19. The molecule has 7 heteroatoms. The molecule has 33 heavy (non-hydrogen) atoms. The molecule has 0 bridgehead atoms. The molecule has 0 aromatic heterocycles.